The first kappa shape index (κ1) is 12.7. The van der Waals surface area contributed by atoms with Crippen molar-refractivity contribution in [1.29, 1.82) is 0 Å². The lowest BCUT2D eigenvalue weighted by atomic mass is 10.1. The molecule has 1 saturated heterocycles. The monoisotopic (exact) mass is 275 g/mol. The molecule has 0 spiro atoms. The standard InChI is InChI=1S/C14H13NO5/c1-20-11-3-2-7(14(18)19)4-8(11)6-15-12(16)9-5-10(9)13(15)17/h2-4,9-10H,5-6H2,1H3,(H,18,19). The van der Waals surface area contributed by atoms with Crippen LogP contribution in [0.4, 0.5) is 0 Å². The Hall–Kier alpha value is -2.37. The van der Waals surface area contributed by atoms with Crippen molar-refractivity contribution in [3.05, 3.63) is 29.3 Å². The van der Waals surface area contributed by atoms with E-state index < -0.39 is 5.97 Å². The van der Waals surface area contributed by atoms with Gasteiger partial charge in [-0.15, -0.1) is 0 Å². The van der Waals surface area contributed by atoms with Crippen LogP contribution in [0.2, 0.25) is 0 Å². The molecule has 2 atom stereocenters. The van der Waals surface area contributed by atoms with Gasteiger partial charge >= 0.3 is 5.97 Å². The van der Waals surface area contributed by atoms with Crippen LogP contribution in [-0.2, 0) is 16.1 Å². The van der Waals surface area contributed by atoms with Gasteiger partial charge in [0.1, 0.15) is 5.75 Å². The van der Waals surface area contributed by atoms with Crippen molar-refractivity contribution < 1.29 is 24.2 Å². The highest BCUT2D eigenvalue weighted by Gasteiger charge is 2.58. The number of likely N-dealkylation sites (tertiary alicyclic amines) is 1. The van der Waals surface area contributed by atoms with Crippen molar-refractivity contribution >= 4 is 17.8 Å². The van der Waals surface area contributed by atoms with Gasteiger partial charge < -0.3 is 9.84 Å². The first-order valence-electron chi connectivity index (χ1n) is 6.28. The van der Waals surface area contributed by atoms with Gasteiger partial charge in [0.2, 0.25) is 11.8 Å². The SMILES string of the molecule is COc1ccc(C(=O)O)cc1CN1C(=O)C2CC2C1=O. The molecular formula is C14H13NO5. The second kappa shape index (κ2) is 4.33. The third kappa shape index (κ3) is 1.84. The van der Waals surface area contributed by atoms with Crippen molar-refractivity contribution in [3.8, 4) is 5.75 Å². The third-order valence-electron chi connectivity index (χ3n) is 3.81. The number of carboxylic acids is 1. The average Bonchev–Trinajstić information content (AvgIpc) is 3.19. The van der Waals surface area contributed by atoms with E-state index in [0.717, 1.165) is 0 Å². The maximum atomic E-state index is 11.9. The topological polar surface area (TPSA) is 83.9 Å². The fourth-order valence-electron chi connectivity index (χ4n) is 2.61. The summed E-state index contributed by atoms with van der Waals surface area (Å²) in [5.74, 6) is -1.23. The smallest absolute Gasteiger partial charge is 0.335 e. The molecule has 1 aliphatic heterocycles. The average molecular weight is 275 g/mol. The van der Waals surface area contributed by atoms with Crippen molar-refractivity contribution in [2.75, 3.05) is 7.11 Å². The summed E-state index contributed by atoms with van der Waals surface area (Å²) in [6, 6.07) is 4.39. The zero-order valence-corrected chi connectivity index (χ0v) is 10.8. The number of amides is 2. The number of carbonyl (C=O) groups excluding carboxylic acids is 2. The maximum absolute atomic E-state index is 11.9. The highest BCUT2D eigenvalue weighted by Crippen LogP contribution is 2.47. The molecule has 1 aromatic rings. The molecule has 1 N–H and O–H groups in total. The lowest BCUT2D eigenvalue weighted by molar-refractivity contribution is -0.142. The first-order valence-corrected chi connectivity index (χ1v) is 6.28. The van der Waals surface area contributed by atoms with Crippen LogP contribution in [0.1, 0.15) is 22.3 Å². The van der Waals surface area contributed by atoms with Crippen LogP contribution in [0.5, 0.6) is 5.75 Å². The van der Waals surface area contributed by atoms with Crippen LogP contribution in [0.15, 0.2) is 18.2 Å². The van der Waals surface area contributed by atoms with E-state index in [4.69, 9.17) is 9.84 Å². The quantitative estimate of drug-likeness (QED) is 0.825. The van der Waals surface area contributed by atoms with Gasteiger partial charge in [-0.3, -0.25) is 14.5 Å². The molecule has 2 fully saturated rings. The Labute approximate surface area is 114 Å². The number of aromatic carboxylic acids is 1. The van der Waals surface area contributed by atoms with Crippen molar-refractivity contribution in [3.63, 3.8) is 0 Å². The van der Waals surface area contributed by atoms with Crippen molar-refractivity contribution in [1.82, 2.24) is 4.90 Å². The molecular weight excluding hydrogens is 262 g/mol. The molecule has 2 unspecified atom stereocenters. The van der Waals surface area contributed by atoms with E-state index in [0.29, 0.717) is 17.7 Å². The largest absolute Gasteiger partial charge is 0.496 e. The number of carboxylic acid groups (broad SMARTS) is 1. The van der Waals surface area contributed by atoms with Gasteiger partial charge in [0, 0.05) is 5.56 Å². The van der Waals surface area contributed by atoms with E-state index in [-0.39, 0.29) is 35.8 Å². The minimum Gasteiger partial charge on any atom is -0.496 e. The number of nitrogens with zero attached hydrogens (tertiary/aromatic N) is 1. The Morgan fingerprint density at radius 1 is 1.35 bits per heavy atom. The summed E-state index contributed by atoms with van der Waals surface area (Å²) in [5.41, 5.74) is 0.625. The summed E-state index contributed by atoms with van der Waals surface area (Å²) in [4.78, 5) is 36.0. The number of carbonyl (C=O) groups is 3. The minimum absolute atomic E-state index is 0.0644. The van der Waals surface area contributed by atoms with E-state index >= 15 is 0 Å². The molecule has 2 aliphatic rings. The fourth-order valence-corrected chi connectivity index (χ4v) is 2.61. The van der Waals surface area contributed by atoms with Gasteiger partial charge in [-0.1, -0.05) is 0 Å². The molecule has 6 heteroatoms. The van der Waals surface area contributed by atoms with Gasteiger partial charge in [0.25, 0.3) is 0 Å². The van der Waals surface area contributed by atoms with Crippen LogP contribution in [0.25, 0.3) is 0 Å². The summed E-state index contributed by atoms with van der Waals surface area (Å²) in [5, 5.41) is 9.00. The number of piperidine rings is 1. The Morgan fingerprint density at radius 2 is 2.00 bits per heavy atom. The second-order valence-electron chi connectivity index (χ2n) is 5.04. The molecule has 1 aromatic carbocycles. The van der Waals surface area contributed by atoms with Gasteiger partial charge in [-0.05, 0) is 24.6 Å². The van der Waals surface area contributed by atoms with Gasteiger partial charge in [-0.25, -0.2) is 4.79 Å². The van der Waals surface area contributed by atoms with E-state index in [9.17, 15) is 14.4 Å². The van der Waals surface area contributed by atoms with Crippen LogP contribution >= 0.6 is 0 Å². The van der Waals surface area contributed by atoms with Gasteiger partial charge in [0.05, 0.1) is 31.1 Å². The highest BCUT2D eigenvalue weighted by molar-refractivity contribution is 6.08. The predicted octanol–water partition coefficient (Wildman–Crippen LogP) is 0.898. The summed E-state index contributed by atoms with van der Waals surface area (Å²) >= 11 is 0. The zero-order valence-electron chi connectivity index (χ0n) is 10.8. The number of hydrogen-bond acceptors (Lipinski definition) is 4. The highest BCUT2D eigenvalue weighted by atomic mass is 16.5. The molecule has 1 aliphatic carbocycles. The number of fused-ring (bicyclic) bond motifs is 1. The molecule has 6 nitrogen and oxygen atoms in total. The van der Waals surface area contributed by atoms with Crippen LogP contribution in [0, 0.1) is 11.8 Å². The van der Waals surface area contributed by atoms with Crippen LogP contribution in [0.3, 0.4) is 0 Å². The first-order chi connectivity index (χ1) is 9.52. The summed E-state index contributed by atoms with van der Waals surface area (Å²) in [6.07, 6.45) is 0.653. The lowest BCUT2D eigenvalue weighted by Crippen LogP contribution is -2.32. The summed E-state index contributed by atoms with van der Waals surface area (Å²) < 4.78 is 5.16. The van der Waals surface area contributed by atoms with E-state index in [1.807, 2.05) is 0 Å². The molecule has 1 heterocycles. The molecule has 0 radical (unpaired) electrons. The van der Waals surface area contributed by atoms with Gasteiger partial charge in [-0.2, -0.15) is 0 Å². The Bertz CT molecular complexity index is 604. The number of methoxy groups -OCH3 is 1. The molecule has 104 valence electrons. The molecule has 0 aromatic heterocycles. The molecule has 20 heavy (non-hydrogen) atoms. The normalized spacial score (nSPS) is 23.8. The van der Waals surface area contributed by atoms with Crippen LogP contribution in [-0.4, -0.2) is 34.9 Å². The predicted molar refractivity (Wildman–Crippen MR) is 67.1 cm³/mol. The fraction of sp³-hybridized carbons (Fsp3) is 0.357. The second-order valence-corrected chi connectivity index (χ2v) is 5.04. The minimum atomic E-state index is -1.06. The third-order valence-corrected chi connectivity index (χ3v) is 3.81. The zero-order chi connectivity index (χ0) is 14.4. The van der Waals surface area contributed by atoms with Crippen molar-refractivity contribution in [2.24, 2.45) is 11.8 Å². The Morgan fingerprint density at radius 3 is 2.55 bits per heavy atom. The molecule has 2 amide bonds. The van der Waals surface area contributed by atoms with Crippen molar-refractivity contribution in [2.45, 2.75) is 13.0 Å². The Balaban J connectivity index is 1.89. The number of ether oxygens (including phenoxy) is 1. The number of imide groups is 1. The van der Waals surface area contributed by atoms with E-state index in [1.54, 1.807) is 0 Å². The number of hydrogen-bond donors (Lipinski definition) is 1. The Kier molecular flexibility index (Phi) is 2.74. The van der Waals surface area contributed by atoms with Gasteiger partial charge in [0.15, 0.2) is 0 Å². The maximum Gasteiger partial charge on any atom is 0.335 e. The molecule has 0 bridgehead atoms. The lowest BCUT2D eigenvalue weighted by Gasteiger charge is -2.18. The van der Waals surface area contributed by atoms with E-state index in [2.05, 4.69) is 0 Å². The summed E-state index contributed by atoms with van der Waals surface area (Å²) in [7, 11) is 1.46. The number of rotatable bonds is 4. The number of benzene rings is 1. The molecule has 3 rings (SSSR count). The molecule has 1 saturated carbocycles. The summed E-state index contributed by atoms with van der Waals surface area (Å²) in [6.45, 7) is 0.0644. The van der Waals surface area contributed by atoms with E-state index in [1.165, 1.54) is 30.2 Å². The van der Waals surface area contributed by atoms with Crippen LogP contribution < -0.4 is 4.74 Å².